The fourth-order valence-electron chi connectivity index (χ4n) is 0. The van der Waals surface area contributed by atoms with Crippen LogP contribution in [0.2, 0.25) is 0 Å². The number of hydrogen-bond donors (Lipinski definition) is 0. The molecule has 0 spiro atoms. The third kappa shape index (κ3) is 8.87. The second kappa shape index (κ2) is 18.8. The third-order valence-corrected chi connectivity index (χ3v) is 0. The van der Waals surface area contributed by atoms with Crippen LogP contribution in [-0.4, -0.2) is 0 Å². The first-order chi connectivity index (χ1) is 0. The standard InChI is InChI=1S/Dy.2FH.Y/h;2*1H;. The van der Waals surface area contributed by atoms with Crippen LogP contribution in [0.15, 0.2) is 0 Å². The largest absolute Gasteiger partial charge is 0.269 e. The molecule has 0 fully saturated rings. The van der Waals surface area contributed by atoms with E-state index in [0.29, 0.717) is 0 Å². The molecule has 0 unspecified atom stereocenters. The fourth-order valence-corrected chi connectivity index (χ4v) is 0. The van der Waals surface area contributed by atoms with E-state index in [0.717, 1.165) is 0 Å². The summed E-state index contributed by atoms with van der Waals surface area (Å²) in [6, 6.07) is 0. The van der Waals surface area contributed by atoms with Crippen molar-refractivity contribution >= 4 is 0 Å². The average Bonchev–Trinajstić information content (AvgIpc) is 0. The van der Waals surface area contributed by atoms with E-state index in [4.69, 9.17) is 0 Å². The molecular formula is H2DyF2Y. The van der Waals surface area contributed by atoms with E-state index < -0.39 is 0 Å². The summed E-state index contributed by atoms with van der Waals surface area (Å²) in [7, 11) is 0. The summed E-state index contributed by atoms with van der Waals surface area (Å²) in [5, 5.41) is 0. The van der Waals surface area contributed by atoms with Crippen LogP contribution in [-0.2, 0) is 32.7 Å². The van der Waals surface area contributed by atoms with E-state index in [9.17, 15) is 0 Å². The van der Waals surface area contributed by atoms with Crippen molar-refractivity contribution < 1.29 is 80.3 Å². The van der Waals surface area contributed by atoms with Crippen LogP contribution < -0.4 is 0 Å². The molecular weight excluding hydrogens is 289 g/mol. The SMILES string of the molecule is F.F.[Dy].[Y]. The van der Waals surface area contributed by atoms with Crippen molar-refractivity contribution in [3.63, 3.8) is 0 Å². The molecule has 0 heterocycles. The first kappa shape index (κ1) is 34.2. The predicted molar refractivity (Wildman–Crippen MR) is 5.01 cm³/mol. The van der Waals surface area contributed by atoms with E-state index in [-0.39, 0.29) is 80.3 Å². The quantitative estimate of drug-likeness (QED) is 0.602. The Morgan fingerprint density at radius 1 is 0.750 bits per heavy atom. The van der Waals surface area contributed by atoms with Crippen molar-refractivity contribution in [3.8, 4) is 0 Å². The molecule has 0 aliphatic heterocycles. The fraction of sp³-hybridized carbons (Fsp3) is 0. The Hall–Kier alpha value is 2.24. The minimum Gasteiger partial charge on any atom is -0.269 e. The summed E-state index contributed by atoms with van der Waals surface area (Å²) in [5.41, 5.74) is 0. The minimum absolute atomic E-state index is 0. The summed E-state index contributed by atoms with van der Waals surface area (Å²) in [4.78, 5) is 0. The van der Waals surface area contributed by atoms with Crippen molar-refractivity contribution in [3.05, 3.63) is 0 Å². The molecule has 0 aliphatic rings. The van der Waals surface area contributed by atoms with E-state index in [1.165, 1.54) is 0 Å². The van der Waals surface area contributed by atoms with E-state index >= 15 is 0 Å². The summed E-state index contributed by atoms with van der Waals surface area (Å²) in [6.45, 7) is 0. The minimum atomic E-state index is 0. The van der Waals surface area contributed by atoms with Crippen LogP contribution in [0.4, 0.5) is 9.41 Å². The van der Waals surface area contributed by atoms with Gasteiger partial charge in [-0.05, 0) is 0 Å². The van der Waals surface area contributed by atoms with Gasteiger partial charge in [0.2, 0.25) is 0 Å². The number of halogens is 2. The molecule has 0 aromatic rings. The Bertz CT molecular complexity index is 6.00. The number of rotatable bonds is 0. The van der Waals surface area contributed by atoms with Crippen LogP contribution in [0.1, 0.15) is 0 Å². The molecule has 4 heteroatoms. The second-order valence-corrected chi connectivity index (χ2v) is 0. The molecule has 0 aromatic carbocycles. The maximum atomic E-state index is 0. The Balaban J connectivity index is 0. The van der Waals surface area contributed by atoms with Crippen LogP contribution in [0, 0.1) is 38.2 Å². The van der Waals surface area contributed by atoms with E-state index in [1.807, 2.05) is 0 Å². The van der Waals surface area contributed by atoms with Gasteiger partial charge in [-0.3, -0.25) is 9.41 Å². The van der Waals surface area contributed by atoms with Gasteiger partial charge in [-0.25, -0.2) is 0 Å². The molecule has 0 bridgehead atoms. The van der Waals surface area contributed by atoms with Crippen molar-refractivity contribution in [1.29, 1.82) is 0 Å². The third-order valence-electron chi connectivity index (χ3n) is 0. The maximum Gasteiger partial charge on any atom is 0 e. The summed E-state index contributed by atoms with van der Waals surface area (Å²) in [6.07, 6.45) is 0. The molecule has 0 aliphatic carbocycles. The van der Waals surface area contributed by atoms with Gasteiger partial charge in [0.25, 0.3) is 0 Å². The molecule has 0 aromatic heterocycles. The maximum absolute atomic E-state index is 0. The average molecular weight is 291 g/mol. The molecule has 0 saturated carbocycles. The van der Waals surface area contributed by atoms with Gasteiger partial charge >= 0.3 is 0 Å². The van der Waals surface area contributed by atoms with Crippen molar-refractivity contribution in [2.75, 3.05) is 0 Å². The van der Waals surface area contributed by atoms with Crippen molar-refractivity contribution in [2.45, 2.75) is 0 Å². The number of hydrogen-bond acceptors (Lipinski definition) is 0. The Morgan fingerprint density at radius 2 is 0.750 bits per heavy atom. The molecule has 1 radical (unpaired) electrons. The van der Waals surface area contributed by atoms with Crippen molar-refractivity contribution in [1.82, 2.24) is 0 Å². The molecule has 0 amide bonds. The van der Waals surface area contributed by atoms with Gasteiger partial charge in [0.1, 0.15) is 0 Å². The molecule has 0 saturated heterocycles. The zero-order valence-electron chi connectivity index (χ0n) is 1.71. The van der Waals surface area contributed by atoms with Crippen LogP contribution in [0.25, 0.3) is 0 Å². The first-order valence-electron chi connectivity index (χ1n) is 0. The van der Waals surface area contributed by atoms with Gasteiger partial charge in [0.15, 0.2) is 0 Å². The van der Waals surface area contributed by atoms with Gasteiger partial charge < -0.3 is 0 Å². The monoisotopic (exact) mass is 293 g/mol. The summed E-state index contributed by atoms with van der Waals surface area (Å²) in [5.74, 6) is 0. The molecule has 0 N–H and O–H groups in total. The van der Waals surface area contributed by atoms with Gasteiger partial charge in [-0.15, -0.1) is 0 Å². The van der Waals surface area contributed by atoms with E-state index in [2.05, 4.69) is 0 Å². The predicted octanol–water partition coefficient (Wildman–Crippen LogP) is 0.303. The topological polar surface area (TPSA) is 0 Å². The van der Waals surface area contributed by atoms with Crippen LogP contribution >= 0.6 is 0 Å². The first-order valence-corrected chi connectivity index (χ1v) is 0. The Morgan fingerprint density at radius 3 is 0.750 bits per heavy atom. The molecule has 0 rings (SSSR count). The zero-order chi connectivity index (χ0) is 0. The molecule has 4 heavy (non-hydrogen) atoms. The summed E-state index contributed by atoms with van der Waals surface area (Å²) < 4.78 is 0. The molecule has 0 atom stereocenters. The van der Waals surface area contributed by atoms with Gasteiger partial charge in [0.05, 0.1) is 0 Å². The van der Waals surface area contributed by atoms with Gasteiger partial charge in [-0.1, -0.05) is 0 Å². The Labute approximate surface area is 78.7 Å². The van der Waals surface area contributed by atoms with Crippen molar-refractivity contribution in [2.24, 2.45) is 0 Å². The van der Waals surface area contributed by atoms with Gasteiger partial charge in [0, 0.05) is 70.9 Å². The van der Waals surface area contributed by atoms with Crippen LogP contribution in [0.5, 0.6) is 0 Å². The normalized spacial score (nSPS) is 0. The molecule has 29 valence electrons. The molecule has 0 nitrogen and oxygen atoms in total. The zero-order valence-corrected chi connectivity index (χ0v) is 6.58. The Kier molecular flexibility index (Phi) is 161. The second-order valence-electron chi connectivity index (χ2n) is 0. The summed E-state index contributed by atoms with van der Waals surface area (Å²) >= 11 is 0. The van der Waals surface area contributed by atoms with Crippen LogP contribution in [0.3, 0.4) is 0 Å². The smallest absolute Gasteiger partial charge is 0 e. The van der Waals surface area contributed by atoms with Gasteiger partial charge in [-0.2, -0.15) is 0 Å². The van der Waals surface area contributed by atoms with E-state index in [1.54, 1.807) is 0 Å².